The van der Waals surface area contributed by atoms with Gasteiger partial charge in [0.1, 0.15) is 0 Å². The van der Waals surface area contributed by atoms with Crippen LogP contribution in [0.3, 0.4) is 0 Å². The van der Waals surface area contributed by atoms with Crippen LogP contribution in [0.4, 0.5) is 0 Å². The Labute approximate surface area is 92.0 Å². The van der Waals surface area contributed by atoms with E-state index >= 15 is 0 Å². The molecule has 0 radical (unpaired) electrons. The van der Waals surface area contributed by atoms with E-state index in [1.54, 1.807) is 6.92 Å². The molecule has 0 bridgehead atoms. The summed E-state index contributed by atoms with van der Waals surface area (Å²) in [7, 11) is 0. The van der Waals surface area contributed by atoms with Crippen LogP contribution in [0.25, 0.3) is 0 Å². The molecule has 2 atom stereocenters. The molecule has 1 aliphatic carbocycles. The summed E-state index contributed by atoms with van der Waals surface area (Å²) < 4.78 is 0. The van der Waals surface area contributed by atoms with Gasteiger partial charge >= 0.3 is 0 Å². The van der Waals surface area contributed by atoms with E-state index in [0.717, 1.165) is 25.4 Å². The van der Waals surface area contributed by atoms with Crippen LogP contribution < -0.4 is 5.73 Å². The molecule has 2 unspecified atom stereocenters. The van der Waals surface area contributed by atoms with Gasteiger partial charge < -0.3 is 10.6 Å². The number of nitrogens with zero attached hydrogens (tertiary/aromatic N) is 1. The largest absolute Gasteiger partial charge is 0.343 e. The van der Waals surface area contributed by atoms with Gasteiger partial charge in [0.2, 0.25) is 5.91 Å². The third kappa shape index (κ3) is 2.33. The molecule has 1 saturated heterocycles. The molecule has 0 aromatic carbocycles. The molecule has 15 heavy (non-hydrogen) atoms. The molecule has 86 valence electrons. The van der Waals surface area contributed by atoms with Crippen LogP contribution in [0.2, 0.25) is 0 Å². The molecule has 0 aromatic rings. The smallest absolute Gasteiger partial charge is 0.219 e. The van der Waals surface area contributed by atoms with E-state index < -0.39 is 0 Å². The Hall–Kier alpha value is -0.570. The van der Waals surface area contributed by atoms with Crippen LogP contribution in [0.5, 0.6) is 0 Å². The fraction of sp³-hybridized carbons (Fsp3) is 0.917. The maximum atomic E-state index is 11.2. The highest BCUT2D eigenvalue weighted by Gasteiger charge is 2.33. The summed E-state index contributed by atoms with van der Waals surface area (Å²) in [5.74, 6) is 1.48. The number of rotatable bonds is 2. The Morgan fingerprint density at radius 2 is 1.93 bits per heavy atom. The van der Waals surface area contributed by atoms with Crippen molar-refractivity contribution >= 4 is 5.91 Å². The molecule has 3 nitrogen and oxygen atoms in total. The zero-order valence-electron chi connectivity index (χ0n) is 9.61. The second-order valence-corrected chi connectivity index (χ2v) is 5.14. The monoisotopic (exact) mass is 210 g/mol. The number of hydrogen-bond donors (Lipinski definition) is 1. The third-order valence-corrected chi connectivity index (χ3v) is 4.16. The van der Waals surface area contributed by atoms with Crippen molar-refractivity contribution in [3.05, 3.63) is 0 Å². The van der Waals surface area contributed by atoms with Gasteiger partial charge in [-0.1, -0.05) is 12.8 Å². The first-order valence-corrected chi connectivity index (χ1v) is 6.19. The first kappa shape index (κ1) is 10.9. The summed E-state index contributed by atoms with van der Waals surface area (Å²) in [6.07, 6.45) is 6.41. The molecule has 2 aliphatic rings. The average Bonchev–Trinajstić information content (AvgIpc) is 2.88. The van der Waals surface area contributed by atoms with E-state index in [0.29, 0.717) is 12.0 Å². The Morgan fingerprint density at radius 1 is 1.27 bits per heavy atom. The number of carbonyl (C=O) groups is 1. The number of hydrogen-bond acceptors (Lipinski definition) is 2. The minimum absolute atomic E-state index is 0.205. The normalized spacial score (nSPS) is 29.7. The van der Waals surface area contributed by atoms with Crippen LogP contribution in [-0.4, -0.2) is 29.9 Å². The highest BCUT2D eigenvalue weighted by atomic mass is 16.2. The van der Waals surface area contributed by atoms with Gasteiger partial charge in [0.05, 0.1) is 0 Å². The van der Waals surface area contributed by atoms with Crippen LogP contribution in [-0.2, 0) is 4.79 Å². The Morgan fingerprint density at radius 3 is 2.47 bits per heavy atom. The molecular formula is C12H22N2O. The Kier molecular flexibility index (Phi) is 3.29. The zero-order valence-corrected chi connectivity index (χ0v) is 9.61. The molecule has 1 aliphatic heterocycles. The molecule has 2 N–H and O–H groups in total. The van der Waals surface area contributed by atoms with E-state index in [1.807, 2.05) is 4.90 Å². The van der Waals surface area contributed by atoms with Crippen molar-refractivity contribution in [2.75, 3.05) is 13.1 Å². The zero-order chi connectivity index (χ0) is 10.8. The predicted octanol–water partition coefficient (Wildman–Crippen LogP) is 1.37. The first-order chi connectivity index (χ1) is 7.18. The van der Waals surface area contributed by atoms with Crippen LogP contribution in [0.1, 0.15) is 39.0 Å². The summed E-state index contributed by atoms with van der Waals surface area (Å²) in [5.41, 5.74) is 6.31. The van der Waals surface area contributed by atoms with Gasteiger partial charge in [0.15, 0.2) is 0 Å². The number of likely N-dealkylation sites (tertiary alicyclic amines) is 1. The lowest BCUT2D eigenvalue weighted by Crippen LogP contribution is -2.38. The minimum Gasteiger partial charge on any atom is -0.343 e. The van der Waals surface area contributed by atoms with Crippen molar-refractivity contribution in [1.29, 1.82) is 0 Å². The number of nitrogens with two attached hydrogens (primary N) is 1. The van der Waals surface area contributed by atoms with Crippen molar-refractivity contribution in [2.24, 2.45) is 17.6 Å². The molecule has 1 saturated carbocycles. The third-order valence-electron chi connectivity index (χ3n) is 4.16. The maximum absolute atomic E-state index is 11.2. The SMILES string of the molecule is CC(=O)N1CCC(C(N)C2CCCC2)C1. The second-order valence-electron chi connectivity index (χ2n) is 5.14. The first-order valence-electron chi connectivity index (χ1n) is 6.19. The Balaban J connectivity index is 1.86. The molecule has 0 spiro atoms. The molecule has 1 heterocycles. The van der Waals surface area contributed by atoms with Crippen molar-refractivity contribution < 1.29 is 4.79 Å². The maximum Gasteiger partial charge on any atom is 0.219 e. The van der Waals surface area contributed by atoms with Crippen LogP contribution in [0, 0.1) is 11.8 Å². The van der Waals surface area contributed by atoms with Gasteiger partial charge in [-0.05, 0) is 31.1 Å². The lowest BCUT2D eigenvalue weighted by Gasteiger charge is -2.25. The lowest BCUT2D eigenvalue weighted by molar-refractivity contribution is -0.127. The number of amides is 1. The summed E-state index contributed by atoms with van der Waals surface area (Å²) in [5, 5.41) is 0. The van der Waals surface area contributed by atoms with Crippen molar-refractivity contribution in [3.63, 3.8) is 0 Å². The van der Waals surface area contributed by atoms with Gasteiger partial charge in [0.25, 0.3) is 0 Å². The van der Waals surface area contributed by atoms with Gasteiger partial charge in [-0.25, -0.2) is 0 Å². The fourth-order valence-corrected chi connectivity index (χ4v) is 3.11. The summed E-state index contributed by atoms with van der Waals surface area (Å²) in [4.78, 5) is 13.2. The van der Waals surface area contributed by atoms with E-state index in [9.17, 15) is 4.79 Å². The van der Waals surface area contributed by atoms with E-state index in [-0.39, 0.29) is 5.91 Å². The predicted molar refractivity (Wildman–Crippen MR) is 60.3 cm³/mol. The molecule has 3 heteroatoms. The van der Waals surface area contributed by atoms with Gasteiger partial charge in [-0.15, -0.1) is 0 Å². The minimum atomic E-state index is 0.205. The quantitative estimate of drug-likeness (QED) is 0.748. The highest BCUT2D eigenvalue weighted by molar-refractivity contribution is 5.73. The lowest BCUT2D eigenvalue weighted by atomic mass is 9.87. The van der Waals surface area contributed by atoms with Crippen molar-refractivity contribution in [2.45, 2.75) is 45.1 Å². The Bertz CT molecular complexity index is 236. The molecule has 2 fully saturated rings. The van der Waals surface area contributed by atoms with Crippen molar-refractivity contribution in [1.82, 2.24) is 4.90 Å². The van der Waals surface area contributed by atoms with E-state index in [1.165, 1.54) is 25.7 Å². The molecule has 2 rings (SSSR count). The summed E-state index contributed by atoms with van der Waals surface area (Å²) in [6, 6.07) is 0.330. The standard InChI is InChI=1S/C12H22N2O/c1-9(15)14-7-6-11(8-14)12(13)10-4-2-3-5-10/h10-12H,2-8,13H2,1H3. The number of carbonyl (C=O) groups excluding carboxylic acids is 1. The summed E-state index contributed by atoms with van der Waals surface area (Å²) >= 11 is 0. The topological polar surface area (TPSA) is 46.3 Å². The van der Waals surface area contributed by atoms with Gasteiger partial charge in [0, 0.05) is 26.1 Å². The summed E-state index contributed by atoms with van der Waals surface area (Å²) in [6.45, 7) is 3.47. The average molecular weight is 210 g/mol. The van der Waals surface area contributed by atoms with E-state index in [2.05, 4.69) is 0 Å². The molecular weight excluding hydrogens is 188 g/mol. The fourth-order valence-electron chi connectivity index (χ4n) is 3.11. The van der Waals surface area contributed by atoms with Gasteiger partial charge in [-0.2, -0.15) is 0 Å². The molecule has 0 aromatic heterocycles. The van der Waals surface area contributed by atoms with Crippen LogP contribution >= 0.6 is 0 Å². The molecule has 1 amide bonds. The second kappa shape index (κ2) is 4.52. The van der Waals surface area contributed by atoms with Gasteiger partial charge in [-0.3, -0.25) is 4.79 Å². The van der Waals surface area contributed by atoms with E-state index in [4.69, 9.17) is 5.73 Å². The van der Waals surface area contributed by atoms with Crippen molar-refractivity contribution in [3.8, 4) is 0 Å². The highest BCUT2D eigenvalue weighted by Crippen LogP contribution is 2.32. The van der Waals surface area contributed by atoms with Crippen LogP contribution in [0.15, 0.2) is 0 Å².